The maximum absolute atomic E-state index is 12.5. The van der Waals surface area contributed by atoms with Crippen LogP contribution in [-0.2, 0) is 14.4 Å². The van der Waals surface area contributed by atoms with Crippen LogP contribution in [0.4, 0.5) is 0 Å². The lowest BCUT2D eigenvalue weighted by molar-refractivity contribution is -0.139. The van der Waals surface area contributed by atoms with E-state index in [4.69, 9.17) is 0 Å². The van der Waals surface area contributed by atoms with Crippen molar-refractivity contribution in [1.82, 2.24) is 19.6 Å². The maximum atomic E-state index is 12.5. The Morgan fingerprint density at radius 3 is 2.55 bits per heavy atom. The van der Waals surface area contributed by atoms with Crippen LogP contribution in [0.1, 0.15) is 12.8 Å². The van der Waals surface area contributed by atoms with Gasteiger partial charge in [-0.2, -0.15) is 0 Å². The van der Waals surface area contributed by atoms with Crippen molar-refractivity contribution in [3.05, 3.63) is 0 Å². The molecule has 0 N–H and O–H groups in total. The fourth-order valence-corrected chi connectivity index (χ4v) is 3.04. The van der Waals surface area contributed by atoms with E-state index in [1.54, 1.807) is 9.80 Å². The monoisotopic (exact) mass is 310 g/mol. The lowest BCUT2D eigenvalue weighted by Gasteiger charge is -2.33. The summed E-state index contributed by atoms with van der Waals surface area (Å²) < 4.78 is 0. The number of piperazine rings is 1. The third-order valence-electron chi connectivity index (χ3n) is 4.37. The molecule has 2 heterocycles. The first kappa shape index (κ1) is 16.7. The number of carbonyl (C=O) groups is 3. The van der Waals surface area contributed by atoms with Crippen LogP contribution in [0.5, 0.6) is 0 Å². The Kier molecular flexibility index (Phi) is 5.76. The van der Waals surface area contributed by atoms with Gasteiger partial charge >= 0.3 is 0 Å². The molecule has 0 spiro atoms. The first-order valence-electron chi connectivity index (χ1n) is 7.92. The maximum Gasteiger partial charge on any atom is 0.228 e. The molecule has 22 heavy (non-hydrogen) atoms. The number of likely N-dealkylation sites (tertiary alicyclic amines) is 1. The van der Waals surface area contributed by atoms with Gasteiger partial charge in [-0.05, 0) is 27.1 Å². The summed E-state index contributed by atoms with van der Waals surface area (Å²) in [4.78, 5) is 42.6. The molecule has 7 nitrogen and oxygen atoms in total. The van der Waals surface area contributed by atoms with E-state index in [9.17, 15) is 14.4 Å². The van der Waals surface area contributed by atoms with E-state index in [1.165, 1.54) is 0 Å². The summed E-state index contributed by atoms with van der Waals surface area (Å²) in [5.41, 5.74) is 0. The molecule has 1 unspecified atom stereocenters. The first-order valence-corrected chi connectivity index (χ1v) is 7.92. The average molecular weight is 310 g/mol. The van der Waals surface area contributed by atoms with Crippen LogP contribution in [0.2, 0.25) is 0 Å². The van der Waals surface area contributed by atoms with E-state index in [2.05, 4.69) is 4.90 Å². The summed E-state index contributed by atoms with van der Waals surface area (Å²) in [7, 11) is 4.02. The molecule has 2 rings (SSSR count). The third kappa shape index (κ3) is 4.19. The fraction of sp³-hybridized carbons (Fsp3) is 0.800. The number of rotatable bonds is 6. The number of carbonyl (C=O) groups excluding carboxylic acids is 3. The van der Waals surface area contributed by atoms with Crippen LogP contribution < -0.4 is 0 Å². The van der Waals surface area contributed by atoms with Gasteiger partial charge in [-0.15, -0.1) is 0 Å². The lowest BCUT2D eigenvalue weighted by atomic mass is 10.1. The largest absolute Gasteiger partial charge is 0.342 e. The van der Waals surface area contributed by atoms with Crippen molar-refractivity contribution in [2.75, 3.05) is 59.9 Å². The van der Waals surface area contributed by atoms with Crippen molar-refractivity contribution < 1.29 is 14.4 Å². The van der Waals surface area contributed by atoms with E-state index < -0.39 is 0 Å². The first-order chi connectivity index (χ1) is 10.5. The second-order valence-electron chi connectivity index (χ2n) is 6.36. The number of hydrogen-bond acceptors (Lipinski definition) is 4. The van der Waals surface area contributed by atoms with Gasteiger partial charge in [0.25, 0.3) is 0 Å². The topological polar surface area (TPSA) is 64.2 Å². The molecule has 7 heteroatoms. The third-order valence-corrected chi connectivity index (χ3v) is 4.37. The van der Waals surface area contributed by atoms with Gasteiger partial charge in [0.15, 0.2) is 0 Å². The van der Waals surface area contributed by atoms with E-state index in [0.717, 1.165) is 25.9 Å². The standard InChI is InChI=1S/C15H26N4O3/c1-16(2)4-3-5-19-11-13(10-14(19)21)15(22)18-8-6-17(12-20)7-9-18/h12-13H,3-11H2,1-2H3. The second-order valence-corrected chi connectivity index (χ2v) is 6.36. The predicted molar refractivity (Wildman–Crippen MR) is 82.1 cm³/mol. The molecule has 124 valence electrons. The summed E-state index contributed by atoms with van der Waals surface area (Å²) in [5, 5.41) is 0. The van der Waals surface area contributed by atoms with Gasteiger partial charge in [0.1, 0.15) is 0 Å². The normalized spacial score (nSPS) is 22.6. The molecule has 2 saturated heterocycles. The summed E-state index contributed by atoms with van der Waals surface area (Å²) in [6.45, 7) is 4.52. The second kappa shape index (κ2) is 7.58. The zero-order chi connectivity index (χ0) is 16.1. The van der Waals surface area contributed by atoms with Gasteiger partial charge in [-0.1, -0.05) is 0 Å². The molecule has 0 aliphatic carbocycles. The Bertz CT molecular complexity index is 419. The van der Waals surface area contributed by atoms with E-state index in [-0.39, 0.29) is 17.7 Å². The van der Waals surface area contributed by atoms with Crippen LogP contribution in [0.15, 0.2) is 0 Å². The van der Waals surface area contributed by atoms with Crippen molar-refractivity contribution in [3.8, 4) is 0 Å². The molecule has 0 bridgehead atoms. The molecule has 2 aliphatic rings. The van der Waals surface area contributed by atoms with Crippen LogP contribution in [0.3, 0.4) is 0 Å². The van der Waals surface area contributed by atoms with E-state index in [0.29, 0.717) is 39.1 Å². The highest BCUT2D eigenvalue weighted by molar-refractivity contribution is 5.89. The zero-order valence-electron chi connectivity index (χ0n) is 13.5. The molecular weight excluding hydrogens is 284 g/mol. The fourth-order valence-electron chi connectivity index (χ4n) is 3.04. The van der Waals surface area contributed by atoms with Crippen molar-refractivity contribution in [2.45, 2.75) is 12.8 Å². The van der Waals surface area contributed by atoms with Gasteiger partial charge in [0.05, 0.1) is 5.92 Å². The van der Waals surface area contributed by atoms with Crippen molar-refractivity contribution in [2.24, 2.45) is 5.92 Å². The van der Waals surface area contributed by atoms with Crippen LogP contribution in [0.25, 0.3) is 0 Å². The Hall–Kier alpha value is -1.63. The number of hydrogen-bond donors (Lipinski definition) is 0. The molecule has 2 fully saturated rings. The molecule has 0 radical (unpaired) electrons. The molecule has 0 aromatic heterocycles. The summed E-state index contributed by atoms with van der Waals surface area (Å²) in [6.07, 6.45) is 2.08. The minimum absolute atomic E-state index is 0.0639. The lowest BCUT2D eigenvalue weighted by Crippen LogP contribution is -2.50. The molecular formula is C15H26N4O3. The Morgan fingerprint density at radius 2 is 1.95 bits per heavy atom. The van der Waals surface area contributed by atoms with Crippen LogP contribution in [-0.4, -0.2) is 97.7 Å². The van der Waals surface area contributed by atoms with Crippen molar-refractivity contribution >= 4 is 18.2 Å². The van der Waals surface area contributed by atoms with Gasteiger partial charge in [-0.3, -0.25) is 14.4 Å². The summed E-state index contributed by atoms with van der Waals surface area (Å²) >= 11 is 0. The Balaban J connectivity index is 1.80. The van der Waals surface area contributed by atoms with Gasteiger partial charge in [0, 0.05) is 45.7 Å². The molecule has 3 amide bonds. The van der Waals surface area contributed by atoms with Crippen LogP contribution >= 0.6 is 0 Å². The average Bonchev–Trinajstić information content (AvgIpc) is 2.87. The van der Waals surface area contributed by atoms with Crippen molar-refractivity contribution in [3.63, 3.8) is 0 Å². The quantitative estimate of drug-likeness (QED) is 0.596. The van der Waals surface area contributed by atoms with Gasteiger partial charge in [0.2, 0.25) is 18.2 Å². The number of nitrogens with zero attached hydrogens (tertiary/aromatic N) is 4. The van der Waals surface area contributed by atoms with Crippen LogP contribution in [0, 0.1) is 5.92 Å². The Morgan fingerprint density at radius 1 is 1.27 bits per heavy atom. The highest BCUT2D eigenvalue weighted by atomic mass is 16.2. The summed E-state index contributed by atoms with van der Waals surface area (Å²) in [5.74, 6) is -0.0627. The Labute approximate surface area is 131 Å². The molecule has 0 aromatic rings. The predicted octanol–water partition coefficient (Wildman–Crippen LogP) is -0.913. The van der Waals surface area contributed by atoms with E-state index >= 15 is 0 Å². The van der Waals surface area contributed by atoms with E-state index in [1.807, 2.05) is 19.0 Å². The molecule has 0 aromatic carbocycles. The minimum Gasteiger partial charge on any atom is -0.342 e. The van der Waals surface area contributed by atoms with Crippen molar-refractivity contribution in [1.29, 1.82) is 0 Å². The molecule has 1 atom stereocenters. The molecule has 2 aliphatic heterocycles. The zero-order valence-corrected chi connectivity index (χ0v) is 13.5. The highest BCUT2D eigenvalue weighted by Crippen LogP contribution is 2.21. The highest BCUT2D eigenvalue weighted by Gasteiger charge is 2.36. The molecule has 0 saturated carbocycles. The van der Waals surface area contributed by atoms with Gasteiger partial charge < -0.3 is 19.6 Å². The number of amides is 3. The SMILES string of the molecule is CN(C)CCCN1CC(C(=O)N2CCN(C=O)CC2)CC1=O. The smallest absolute Gasteiger partial charge is 0.228 e. The van der Waals surface area contributed by atoms with Gasteiger partial charge in [-0.25, -0.2) is 0 Å². The minimum atomic E-state index is -0.213. The summed E-state index contributed by atoms with van der Waals surface area (Å²) in [6, 6.07) is 0.